The lowest BCUT2D eigenvalue weighted by molar-refractivity contribution is -0.308. The molecule has 0 radical (unpaired) electrons. The SMILES string of the molecule is CC(C)=C[C@@H]1[C@@H](C(=O)[O-])C1(C)C. The number of carboxylic acids is 1. The number of aliphatic carboxylic acids is 1. The Morgan fingerprint density at radius 2 is 1.92 bits per heavy atom. The Labute approximate surface area is 73.3 Å². The van der Waals surface area contributed by atoms with Crippen LogP contribution in [0.4, 0.5) is 0 Å². The molecular formula is C10H15O2-. The molecule has 0 saturated heterocycles. The highest BCUT2D eigenvalue weighted by Gasteiger charge is 2.56. The maximum absolute atomic E-state index is 10.6. The predicted octanol–water partition coefficient (Wildman–Crippen LogP) is 0.975. The van der Waals surface area contributed by atoms with Crippen LogP contribution in [-0.4, -0.2) is 5.97 Å². The molecule has 2 atom stereocenters. The lowest BCUT2D eigenvalue weighted by atomic mass is 10.1. The minimum Gasteiger partial charge on any atom is -0.550 e. The molecule has 0 aromatic heterocycles. The van der Waals surface area contributed by atoms with Crippen molar-refractivity contribution in [2.45, 2.75) is 27.7 Å². The zero-order valence-corrected chi connectivity index (χ0v) is 8.05. The van der Waals surface area contributed by atoms with E-state index in [1.807, 2.05) is 33.8 Å². The van der Waals surface area contributed by atoms with Gasteiger partial charge < -0.3 is 9.90 Å². The van der Waals surface area contributed by atoms with E-state index in [1.54, 1.807) is 0 Å². The minimum atomic E-state index is -0.914. The molecule has 0 bridgehead atoms. The van der Waals surface area contributed by atoms with Gasteiger partial charge in [-0.25, -0.2) is 0 Å². The highest BCUT2D eigenvalue weighted by atomic mass is 16.4. The normalized spacial score (nSPS) is 31.0. The largest absolute Gasteiger partial charge is 0.550 e. The fourth-order valence-corrected chi connectivity index (χ4v) is 1.80. The monoisotopic (exact) mass is 167 g/mol. The van der Waals surface area contributed by atoms with Crippen LogP contribution in [0.3, 0.4) is 0 Å². The van der Waals surface area contributed by atoms with Gasteiger partial charge in [0.25, 0.3) is 0 Å². The highest BCUT2D eigenvalue weighted by molar-refractivity contribution is 5.74. The average Bonchev–Trinajstić information content (AvgIpc) is 2.32. The van der Waals surface area contributed by atoms with Crippen molar-refractivity contribution in [2.75, 3.05) is 0 Å². The molecule has 12 heavy (non-hydrogen) atoms. The smallest absolute Gasteiger partial charge is 0.0456 e. The number of carboxylic acid groups (broad SMARTS) is 1. The van der Waals surface area contributed by atoms with Crippen LogP contribution in [0.2, 0.25) is 0 Å². The van der Waals surface area contributed by atoms with Crippen molar-refractivity contribution in [2.24, 2.45) is 17.3 Å². The van der Waals surface area contributed by atoms with E-state index >= 15 is 0 Å². The zero-order chi connectivity index (χ0) is 9.52. The van der Waals surface area contributed by atoms with Crippen molar-refractivity contribution in [3.05, 3.63) is 11.6 Å². The molecule has 0 spiro atoms. The number of hydrogen-bond donors (Lipinski definition) is 0. The number of allylic oxidation sites excluding steroid dienone is 2. The molecule has 0 N–H and O–H groups in total. The van der Waals surface area contributed by atoms with E-state index in [9.17, 15) is 9.90 Å². The number of hydrogen-bond acceptors (Lipinski definition) is 2. The van der Waals surface area contributed by atoms with Gasteiger partial charge in [-0.3, -0.25) is 0 Å². The summed E-state index contributed by atoms with van der Waals surface area (Å²) in [6.07, 6.45) is 2.03. The van der Waals surface area contributed by atoms with E-state index in [1.165, 1.54) is 5.57 Å². The highest BCUT2D eigenvalue weighted by Crippen LogP contribution is 2.58. The third-order valence-electron chi connectivity index (χ3n) is 2.68. The molecule has 1 aliphatic carbocycles. The molecule has 0 aromatic rings. The van der Waals surface area contributed by atoms with E-state index in [2.05, 4.69) is 0 Å². The van der Waals surface area contributed by atoms with Crippen LogP contribution in [0, 0.1) is 17.3 Å². The van der Waals surface area contributed by atoms with E-state index in [0.29, 0.717) is 0 Å². The quantitative estimate of drug-likeness (QED) is 0.575. The summed E-state index contributed by atoms with van der Waals surface area (Å²) < 4.78 is 0. The molecule has 0 heterocycles. The van der Waals surface area contributed by atoms with Crippen molar-refractivity contribution >= 4 is 5.97 Å². The minimum absolute atomic E-state index is 0.101. The third-order valence-corrected chi connectivity index (χ3v) is 2.68. The van der Waals surface area contributed by atoms with Gasteiger partial charge in [0.05, 0.1) is 0 Å². The molecule has 0 aromatic carbocycles. The van der Waals surface area contributed by atoms with Crippen molar-refractivity contribution in [1.82, 2.24) is 0 Å². The first-order valence-corrected chi connectivity index (χ1v) is 4.23. The summed E-state index contributed by atoms with van der Waals surface area (Å²) in [6.45, 7) is 7.91. The lowest BCUT2D eigenvalue weighted by Crippen LogP contribution is -2.26. The molecular weight excluding hydrogens is 152 g/mol. The van der Waals surface area contributed by atoms with Gasteiger partial charge in [-0.1, -0.05) is 25.5 Å². The molecule has 1 rings (SSSR count). The van der Waals surface area contributed by atoms with Crippen molar-refractivity contribution in [3.63, 3.8) is 0 Å². The summed E-state index contributed by atoms with van der Waals surface area (Å²) in [7, 11) is 0. The molecule has 1 aliphatic rings. The van der Waals surface area contributed by atoms with Crippen LogP contribution in [-0.2, 0) is 4.79 Å². The van der Waals surface area contributed by atoms with Gasteiger partial charge in [0.1, 0.15) is 0 Å². The summed E-state index contributed by atoms with van der Waals surface area (Å²) in [5.41, 5.74) is 1.08. The van der Waals surface area contributed by atoms with Crippen LogP contribution in [0.5, 0.6) is 0 Å². The third kappa shape index (κ3) is 1.38. The fourth-order valence-electron chi connectivity index (χ4n) is 1.80. The Balaban J connectivity index is 2.73. The van der Waals surface area contributed by atoms with Gasteiger partial charge in [-0.2, -0.15) is 0 Å². The Morgan fingerprint density at radius 3 is 2.17 bits per heavy atom. The first-order valence-electron chi connectivity index (χ1n) is 4.23. The van der Waals surface area contributed by atoms with E-state index < -0.39 is 5.97 Å². The van der Waals surface area contributed by atoms with E-state index in [0.717, 1.165) is 0 Å². The molecule has 2 heteroatoms. The van der Waals surface area contributed by atoms with Crippen LogP contribution < -0.4 is 5.11 Å². The van der Waals surface area contributed by atoms with Crippen LogP contribution >= 0.6 is 0 Å². The first-order chi connectivity index (χ1) is 5.37. The summed E-state index contributed by atoms with van der Waals surface area (Å²) >= 11 is 0. The van der Waals surface area contributed by atoms with Crippen LogP contribution in [0.1, 0.15) is 27.7 Å². The lowest BCUT2D eigenvalue weighted by Gasteiger charge is -2.01. The molecule has 0 unspecified atom stereocenters. The van der Waals surface area contributed by atoms with Gasteiger partial charge in [-0.05, 0) is 25.2 Å². The van der Waals surface area contributed by atoms with Gasteiger partial charge in [0, 0.05) is 11.9 Å². The standard InChI is InChI=1S/C10H16O2/c1-6(2)5-7-8(9(11)12)10(7,3)4/h5,7-8H,1-4H3,(H,11,12)/p-1/t7-,8+/m1/s1. The fraction of sp³-hybridized carbons (Fsp3) is 0.700. The number of carbonyl (C=O) groups is 1. The summed E-state index contributed by atoms with van der Waals surface area (Å²) in [4.78, 5) is 10.6. The average molecular weight is 167 g/mol. The molecule has 0 aliphatic heterocycles. The molecule has 1 saturated carbocycles. The first kappa shape index (κ1) is 9.30. The van der Waals surface area contributed by atoms with Crippen molar-refractivity contribution in [1.29, 1.82) is 0 Å². The van der Waals surface area contributed by atoms with Gasteiger partial charge in [0.15, 0.2) is 0 Å². The molecule has 2 nitrogen and oxygen atoms in total. The van der Waals surface area contributed by atoms with Gasteiger partial charge >= 0.3 is 0 Å². The summed E-state index contributed by atoms with van der Waals surface area (Å²) in [6, 6.07) is 0. The van der Waals surface area contributed by atoms with Gasteiger partial charge in [-0.15, -0.1) is 0 Å². The summed E-state index contributed by atoms with van der Waals surface area (Å²) in [5.74, 6) is -1.03. The number of rotatable bonds is 2. The molecule has 1 fully saturated rings. The van der Waals surface area contributed by atoms with Crippen molar-refractivity contribution in [3.8, 4) is 0 Å². The second-order valence-corrected chi connectivity index (χ2v) is 4.39. The van der Waals surface area contributed by atoms with E-state index in [4.69, 9.17) is 0 Å². The topological polar surface area (TPSA) is 40.1 Å². The Bertz CT molecular complexity index is 234. The summed E-state index contributed by atoms with van der Waals surface area (Å²) in [5, 5.41) is 10.6. The maximum Gasteiger partial charge on any atom is 0.0456 e. The maximum atomic E-state index is 10.6. The number of carbonyl (C=O) groups excluding carboxylic acids is 1. The van der Waals surface area contributed by atoms with Gasteiger partial charge in [0.2, 0.25) is 0 Å². The second-order valence-electron chi connectivity index (χ2n) is 4.39. The molecule has 0 amide bonds. The Kier molecular flexibility index (Phi) is 2.02. The van der Waals surface area contributed by atoms with Crippen LogP contribution in [0.25, 0.3) is 0 Å². The Hall–Kier alpha value is -0.790. The van der Waals surface area contributed by atoms with Crippen molar-refractivity contribution < 1.29 is 9.90 Å². The zero-order valence-electron chi connectivity index (χ0n) is 8.05. The predicted molar refractivity (Wildman–Crippen MR) is 45.2 cm³/mol. The second kappa shape index (κ2) is 2.61. The molecule has 68 valence electrons. The van der Waals surface area contributed by atoms with E-state index in [-0.39, 0.29) is 17.3 Å². The van der Waals surface area contributed by atoms with Crippen LogP contribution in [0.15, 0.2) is 11.6 Å². The Morgan fingerprint density at radius 1 is 1.42 bits per heavy atom.